The smallest absolute Gasteiger partial charge is 0.324 e. The maximum atomic E-state index is 13.5. The van der Waals surface area contributed by atoms with Gasteiger partial charge in [-0.05, 0) is 41.5 Å². The van der Waals surface area contributed by atoms with E-state index in [1.807, 2.05) is 67.8 Å². The van der Waals surface area contributed by atoms with Crippen LogP contribution in [0.15, 0.2) is 54.6 Å². The minimum absolute atomic E-state index is 0.141. The van der Waals surface area contributed by atoms with Crippen molar-refractivity contribution in [1.29, 1.82) is 0 Å². The predicted molar refractivity (Wildman–Crippen MR) is 136 cm³/mol. The average Bonchev–Trinajstić information content (AvgIpc) is 3.35. The molecule has 4 rings (SSSR count). The van der Waals surface area contributed by atoms with E-state index in [1.165, 1.54) is 16.7 Å². The number of hydrogen-bond donors (Lipinski definition) is 2. The molecule has 8 heteroatoms. The molecular formula is C27H32N2O5S. The molecule has 0 spiro atoms. The third kappa shape index (κ3) is 4.75. The number of rotatable bonds is 11. The number of nitrogens with zero attached hydrogens (tertiary/aromatic N) is 1. The predicted octanol–water partition coefficient (Wildman–Crippen LogP) is 3.60. The molecule has 0 aromatic heterocycles. The van der Waals surface area contributed by atoms with Crippen LogP contribution in [0.2, 0.25) is 0 Å². The van der Waals surface area contributed by atoms with Gasteiger partial charge < -0.3 is 9.84 Å². The van der Waals surface area contributed by atoms with Crippen LogP contribution in [0.5, 0.6) is 0 Å². The first-order valence-electron chi connectivity index (χ1n) is 12.0. The van der Waals surface area contributed by atoms with Crippen LogP contribution in [0.1, 0.15) is 31.4 Å². The fourth-order valence-corrected chi connectivity index (χ4v) is 5.81. The van der Waals surface area contributed by atoms with Gasteiger partial charge in [0.15, 0.2) is 0 Å². The number of amides is 2. The fourth-order valence-electron chi connectivity index (χ4n) is 5.28. The van der Waals surface area contributed by atoms with E-state index in [-0.39, 0.29) is 25.5 Å². The summed E-state index contributed by atoms with van der Waals surface area (Å²) in [6.07, 6.45) is 3.00. The number of carboxylic acids is 1. The third-order valence-corrected chi connectivity index (χ3v) is 7.62. The van der Waals surface area contributed by atoms with Gasteiger partial charge in [0.1, 0.15) is 5.54 Å². The quantitative estimate of drug-likeness (QED) is 0.362. The molecule has 0 radical (unpaired) electrons. The highest BCUT2D eigenvalue weighted by molar-refractivity contribution is 7.98. The summed E-state index contributed by atoms with van der Waals surface area (Å²) in [5.41, 5.74) is 1.40. The topological polar surface area (TPSA) is 95.9 Å². The minimum atomic E-state index is -1.50. The lowest BCUT2D eigenvalue weighted by Gasteiger charge is -2.31. The second-order valence-electron chi connectivity index (χ2n) is 9.07. The first kappa shape index (κ1) is 25.4. The van der Waals surface area contributed by atoms with Crippen molar-refractivity contribution in [2.75, 3.05) is 31.8 Å². The van der Waals surface area contributed by atoms with Crippen LogP contribution in [-0.2, 0) is 19.1 Å². The first-order chi connectivity index (χ1) is 16.9. The van der Waals surface area contributed by atoms with E-state index in [2.05, 4.69) is 5.32 Å². The Kier molecular flexibility index (Phi) is 7.94. The zero-order chi connectivity index (χ0) is 25.0. The Bertz CT molecular complexity index is 1060. The second-order valence-corrected chi connectivity index (χ2v) is 10.1. The number of hydrogen-bond acceptors (Lipinski definition) is 6. The molecule has 0 aliphatic carbocycles. The van der Waals surface area contributed by atoms with Gasteiger partial charge in [-0.2, -0.15) is 11.8 Å². The van der Waals surface area contributed by atoms with Crippen LogP contribution in [0, 0.1) is 11.8 Å². The molecule has 2 saturated heterocycles. The van der Waals surface area contributed by atoms with Gasteiger partial charge in [0.2, 0.25) is 11.8 Å². The molecule has 35 heavy (non-hydrogen) atoms. The summed E-state index contributed by atoms with van der Waals surface area (Å²) >= 11 is 1.52. The van der Waals surface area contributed by atoms with Gasteiger partial charge in [-0.15, -0.1) is 0 Å². The number of benzene rings is 2. The number of carboxylic acid groups (broad SMARTS) is 1. The SMILES string of the molecule is CCCOCCN1C(=O)C2C(c3ccc(-c4ccccc4)cc3)NC(CCSC)(C(=O)O)C2C1=O. The first-order valence-corrected chi connectivity index (χ1v) is 13.4. The average molecular weight is 497 g/mol. The van der Waals surface area contributed by atoms with Crippen molar-refractivity contribution in [1.82, 2.24) is 10.2 Å². The number of ether oxygens (including phenoxy) is 1. The summed E-state index contributed by atoms with van der Waals surface area (Å²) < 4.78 is 5.51. The van der Waals surface area contributed by atoms with Crippen molar-refractivity contribution in [3.05, 3.63) is 60.2 Å². The Hall–Kier alpha value is -2.68. The van der Waals surface area contributed by atoms with Gasteiger partial charge in [0.25, 0.3) is 0 Å². The number of carbonyl (C=O) groups is 3. The number of carbonyl (C=O) groups excluding carboxylic acids is 2. The third-order valence-electron chi connectivity index (χ3n) is 7.01. The summed E-state index contributed by atoms with van der Waals surface area (Å²) in [6, 6.07) is 17.2. The largest absolute Gasteiger partial charge is 0.480 e. The summed E-state index contributed by atoms with van der Waals surface area (Å²) in [7, 11) is 0. The molecule has 2 N–H and O–H groups in total. The molecule has 2 aromatic carbocycles. The standard InChI is InChI=1S/C27H32N2O5S/c1-3-15-34-16-14-29-24(30)21-22(25(29)31)27(26(32)33,13-17-35-2)28-23(21)20-11-9-19(10-12-20)18-7-5-4-6-8-18/h4-12,21-23,28H,3,13-17H2,1-2H3,(H,32,33). The van der Waals surface area contributed by atoms with Crippen LogP contribution in [0.25, 0.3) is 11.1 Å². The lowest BCUT2D eigenvalue weighted by Crippen LogP contribution is -2.56. The van der Waals surface area contributed by atoms with E-state index in [0.29, 0.717) is 12.4 Å². The number of thioether (sulfide) groups is 1. The van der Waals surface area contributed by atoms with E-state index in [4.69, 9.17) is 4.74 Å². The Morgan fingerprint density at radius 2 is 1.74 bits per heavy atom. The van der Waals surface area contributed by atoms with Crippen LogP contribution < -0.4 is 5.32 Å². The summed E-state index contributed by atoms with van der Waals surface area (Å²) in [5.74, 6) is -2.99. The number of aliphatic carboxylic acids is 1. The molecule has 0 bridgehead atoms. The fraction of sp³-hybridized carbons (Fsp3) is 0.444. The molecule has 186 valence electrons. The van der Waals surface area contributed by atoms with Crippen molar-refractivity contribution in [3.8, 4) is 11.1 Å². The normalized spacial score (nSPS) is 25.8. The summed E-state index contributed by atoms with van der Waals surface area (Å²) in [4.78, 5) is 40.9. The number of fused-ring (bicyclic) bond motifs is 1. The lowest BCUT2D eigenvalue weighted by atomic mass is 9.78. The van der Waals surface area contributed by atoms with Gasteiger partial charge in [-0.25, -0.2) is 0 Å². The number of nitrogens with one attached hydrogen (secondary N) is 1. The molecule has 2 aliphatic rings. The molecular weight excluding hydrogens is 464 g/mol. The highest BCUT2D eigenvalue weighted by atomic mass is 32.2. The number of likely N-dealkylation sites (tertiary alicyclic amines) is 1. The molecule has 4 atom stereocenters. The molecule has 2 amide bonds. The van der Waals surface area contributed by atoms with Crippen molar-refractivity contribution in [2.24, 2.45) is 11.8 Å². The van der Waals surface area contributed by atoms with Crippen molar-refractivity contribution < 1.29 is 24.2 Å². The highest BCUT2D eigenvalue weighted by Crippen LogP contribution is 2.50. The molecule has 4 unspecified atom stereocenters. The molecule has 2 aliphatic heterocycles. The van der Waals surface area contributed by atoms with Crippen molar-refractivity contribution in [3.63, 3.8) is 0 Å². The maximum absolute atomic E-state index is 13.5. The highest BCUT2D eigenvalue weighted by Gasteiger charge is 2.68. The molecule has 2 fully saturated rings. The van der Waals surface area contributed by atoms with Crippen LogP contribution >= 0.6 is 11.8 Å². The van der Waals surface area contributed by atoms with E-state index < -0.39 is 35.3 Å². The Morgan fingerprint density at radius 1 is 1.06 bits per heavy atom. The van der Waals surface area contributed by atoms with E-state index in [0.717, 1.165) is 23.1 Å². The van der Waals surface area contributed by atoms with E-state index in [1.54, 1.807) is 0 Å². The molecule has 2 heterocycles. The second kappa shape index (κ2) is 10.9. The lowest BCUT2D eigenvalue weighted by molar-refractivity contribution is -0.151. The van der Waals surface area contributed by atoms with Crippen molar-refractivity contribution in [2.45, 2.75) is 31.3 Å². The van der Waals surface area contributed by atoms with Crippen LogP contribution in [-0.4, -0.2) is 65.1 Å². The minimum Gasteiger partial charge on any atom is -0.480 e. The summed E-state index contributed by atoms with van der Waals surface area (Å²) in [6.45, 7) is 2.93. The Labute approximate surface area is 210 Å². The zero-order valence-electron chi connectivity index (χ0n) is 20.1. The molecule has 0 saturated carbocycles. The van der Waals surface area contributed by atoms with Gasteiger partial charge >= 0.3 is 5.97 Å². The molecule has 7 nitrogen and oxygen atoms in total. The van der Waals surface area contributed by atoms with Crippen molar-refractivity contribution >= 4 is 29.5 Å². The van der Waals surface area contributed by atoms with Crippen LogP contribution in [0.3, 0.4) is 0 Å². The monoisotopic (exact) mass is 496 g/mol. The zero-order valence-corrected chi connectivity index (χ0v) is 20.9. The van der Waals surface area contributed by atoms with Gasteiger partial charge in [0.05, 0.1) is 25.0 Å². The molecule has 2 aromatic rings. The van der Waals surface area contributed by atoms with Gasteiger partial charge in [0, 0.05) is 12.6 Å². The Balaban J connectivity index is 1.68. The van der Waals surface area contributed by atoms with Gasteiger partial charge in [-0.1, -0.05) is 61.5 Å². The number of imide groups is 1. The summed E-state index contributed by atoms with van der Waals surface area (Å²) in [5, 5.41) is 13.6. The van der Waals surface area contributed by atoms with Gasteiger partial charge in [-0.3, -0.25) is 24.6 Å². The maximum Gasteiger partial charge on any atom is 0.324 e. The van der Waals surface area contributed by atoms with E-state index >= 15 is 0 Å². The van der Waals surface area contributed by atoms with Crippen LogP contribution in [0.4, 0.5) is 0 Å². The Morgan fingerprint density at radius 3 is 2.37 bits per heavy atom. The van der Waals surface area contributed by atoms with E-state index in [9.17, 15) is 19.5 Å².